The van der Waals surface area contributed by atoms with E-state index in [1.54, 1.807) is 4.68 Å². The molecule has 6 heteroatoms. The monoisotopic (exact) mass is 385 g/mol. The lowest BCUT2D eigenvalue weighted by Crippen LogP contribution is -2.24. The van der Waals surface area contributed by atoms with Gasteiger partial charge >= 0.3 is 0 Å². The Bertz CT molecular complexity index is 1160. The number of hydrogen-bond acceptors (Lipinski definition) is 3. The number of aryl methyl sites for hydroxylation is 1. The van der Waals surface area contributed by atoms with Gasteiger partial charge in [-0.2, -0.15) is 5.10 Å². The normalized spacial score (nSPS) is 18.1. The van der Waals surface area contributed by atoms with Crippen molar-refractivity contribution in [3.63, 3.8) is 0 Å². The molecule has 6 nitrogen and oxygen atoms in total. The highest BCUT2D eigenvalue weighted by Gasteiger charge is 2.44. The standard InChI is InChI=1S/C23H23N5O/c1-27-14-18(12-26-27)19-10-20(19)23(29)24-11-16-6-8-17(9-7-16)13-28-15-25-21-4-2-3-5-22(21)28/h2-9,12,14-15,19-20H,10-11,13H2,1H3,(H,24,29)/t19-,20-/m0/s1. The maximum absolute atomic E-state index is 12.4. The van der Waals surface area contributed by atoms with Gasteiger partial charge in [0.2, 0.25) is 5.91 Å². The molecule has 2 aromatic carbocycles. The maximum Gasteiger partial charge on any atom is 0.224 e. The van der Waals surface area contributed by atoms with Gasteiger partial charge in [-0.25, -0.2) is 4.98 Å². The predicted octanol–water partition coefficient (Wildman–Crippen LogP) is 3.24. The lowest BCUT2D eigenvalue weighted by molar-refractivity contribution is -0.122. The molecule has 1 fully saturated rings. The number of fused-ring (bicyclic) bond motifs is 1. The lowest BCUT2D eigenvalue weighted by atomic mass is 10.1. The van der Waals surface area contributed by atoms with E-state index in [-0.39, 0.29) is 11.8 Å². The van der Waals surface area contributed by atoms with Crippen LogP contribution in [-0.4, -0.2) is 25.2 Å². The number of imidazole rings is 1. The van der Waals surface area contributed by atoms with Gasteiger partial charge in [0, 0.05) is 32.3 Å². The van der Waals surface area contributed by atoms with E-state index < -0.39 is 0 Å². The molecule has 1 amide bonds. The van der Waals surface area contributed by atoms with E-state index in [1.165, 1.54) is 5.56 Å². The highest BCUT2D eigenvalue weighted by Crippen LogP contribution is 2.47. The smallest absolute Gasteiger partial charge is 0.224 e. The van der Waals surface area contributed by atoms with E-state index in [9.17, 15) is 4.79 Å². The van der Waals surface area contributed by atoms with E-state index in [0.717, 1.165) is 35.1 Å². The molecule has 0 aliphatic heterocycles. The van der Waals surface area contributed by atoms with Crippen LogP contribution in [0.15, 0.2) is 67.3 Å². The zero-order chi connectivity index (χ0) is 19.8. The van der Waals surface area contributed by atoms with Crippen LogP contribution in [0, 0.1) is 5.92 Å². The lowest BCUT2D eigenvalue weighted by Gasteiger charge is -2.08. The fourth-order valence-corrected chi connectivity index (χ4v) is 3.90. The molecule has 0 saturated heterocycles. The fourth-order valence-electron chi connectivity index (χ4n) is 3.90. The zero-order valence-corrected chi connectivity index (χ0v) is 16.3. The summed E-state index contributed by atoms with van der Waals surface area (Å²) in [5.74, 6) is 0.525. The van der Waals surface area contributed by atoms with E-state index in [4.69, 9.17) is 0 Å². The average molecular weight is 385 g/mol. The van der Waals surface area contributed by atoms with Crippen LogP contribution in [0.1, 0.15) is 29.0 Å². The Balaban J connectivity index is 1.16. The molecule has 0 radical (unpaired) electrons. The van der Waals surface area contributed by atoms with Crippen molar-refractivity contribution in [3.05, 3.63) is 83.9 Å². The Labute approximate surface area is 169 Å². The van der Waals surface area contributed by atoms with Gasteiger partial charge in [0.05, 0.1) is 23.6 Å². The van der Waals surface area contributed by atoms with Gasteiger partial charge in [0.1, 0.15) is 0 Å². The second-order valence-electron chi connectivity index (χ2n) is 7.79. The fraction of sp³-hybridized carbons (Fsp3) is 0.261. The molecule has 2 aromatic heterocycles. The van der Waals surface area contributed by atoms with Crippen molar-refractivity contribution in [2.45, 2.75) is 25.4 Å². The molecule has 1 saturated carbocycles. The van der Waals surface area contributed by atoms with Gasteiger partial charge in [0.25, 0.3) is 0 Å². The molecule has 5 rings (SSSR count). The molecule has 4 aromatic rings. The highest BCUT2D eigenvalue weighted by molar-refractivity contribution is 5.82. The van der Waals surface area contributed by atoms with Crippen molar-refractivity contribution in [1.29, 1.82) is 0 Å². The van der Waals surface area contributed by atoms with E-state index in [2.05, 4.69) is 50.3 Å². The van der Waals surface area contributed by atoms with Crippen molar-refractivity contribution >= 4 is 16.9 Å². The van der Waals surface area contributed by atoms with Gasteiger partial charge in [-0.1, -0.05) is 36.4 Å². The number of rotatable bonds is 6. The van der Waals surface area contributed by atoms with Crippen molar-refractivity contribution in [1.82, 2.24) is 24.6 Å². The Morgan fingerprint density at radius 2 is 1.93 bits per heavy atom. The minimum absolute atomic E-state index is 0.0768. The van der Waals surface area contributed by atoms with Crippen LogP contribution < -0.4 is 5.32 Å². The maximum atomic E-state index is 12.4. The third-order valence-electron chi connectivity index (χ3n) is 5.65. The van der Waals surface area contributed by atoms with Crippen LogP contribution in [-0.2, 0) is 24.9 Å². The molecule has 29 heavy (non-hydrogen) atoms. The third-order valence-corrected chi connectivity index (χ3v) is 5.65. The van der Waals surface area contributed by atoms with Crippen LogP contribution in [0.25, 0.3) is 11.0 Å². The number of hydrogen-bond donors (Lipinski definition) is 1. The molecular weight excluding hydrogens is 362 g/mol. The summed E-state index contributed by atoms with van der Waals surface area (Å²) >= 11 is 0. The number of nitrogens with zero attached hydrogens (tertiary/aromatic N) is 4. The average Bonchev–Trinajstić information content (AvgIpc) is 3.27. The molecule has 0 bridgehead atoms. The largest absolute Gasteiger partial charge is 0.352 e. The van der Waals surface area contributed by atoms with Crippen LogP contribution in [0.4, 0.5) is 0 Å². The van der Waals surface area contributed by atoms with E-state index >= 15 is 0 Å². The molecule has 1 N–H and O–H groups in total. The first-order valence-electron chi connectivity index (χ1n) is 9.91. The number of para-hydroxylation sites is 2. The van der Waals surface area contributed by atoms with Gasteiger partial charge in [-0.3, -0.25) is 9.48 Å². The molecule has 2 atom stereocenters. The number of amides is 1. The second kappa shape index (κ2) is 7.20. The summed E-state index contributed by atoms with van der Waals surface area (Å²) in [6, 6.07) is 16.5. The quantitative estimate of drug-likeness (QED) is 0.554. The number of benzene rings is 2. The van der Waals surface area contributed by atoms with Crippen LogP contribution in [0.5, 0.6) is 0 Å². The molecular formula is C23H23N5O. The Morgan fingerprint density at radius 1 is 1.14 bits per heavy atom. The Hall–Kier alpha value is -3.41. The Kier molecular flexibility index (Phi) is 4.39. The van der Waals surface area contributed by atoms with Crippen molar-refractivity contribution in [3.8, 4) is 0 Å². The summed E-state index contributed by atoms with van der Waals surface area (Å²) in [7, 11) is 1.90. The molecule has 0 spiro atoms. The van der Waals surface area contributed by atoms with Crippen molar-refractivity contribution < 1.29 is 4.79 Å². The first-order chi connectivity index (χ1) is 14.2. The SMILES string of the molecule is Cn1cc([C@@H]2C[C@@H]2C(=O)NCc2ccc(Cn3cnc4ccccc43)cc2)cn1. The summed E-state index contributed by atoms with van der Waals surface area (Å²) in [5, 5.41) is 7.27. The molecule has 1 aliphatic carbocycles. The van der Waals surface area contributed by atoms with E-state index in [0.29, 0.717) is 12.5 Å². The van der Waals surface area contributed by atoms with Gasteiger partial charge < -0.3 is 9.88 Å². The predicted molar refractivity (Wildman–Crippen MR) is 111 cm³/mol. The minimum Gasteiger partial charge on any atom is -0.352 e. The first-order valence-corrected chi connectivity index (χ1v) is 9.91. The summed E-state index contributed by atoms with van der Waals surface area (Å²) in [5.41, 5.74) is 5.62. The van der Waals surface area contributed by atoms with Gasteiger partial charge in [-0.05, 0) is 41.2 Å². The molecule has 0 unspecified atom stereocenters. The van der Waals surface area contributed by atoms with Crippen molar-refractivity contribution in [2.75, 3.05) is 0 Å². The molecule has 1 aliphatic rings. The minimum atomic E-state index is 0.0768. The zero-order valence-electron chi connectivity index (χ0n) is 16.3. The summed E-state index contributed by atoms with van der Waals surface area (Å²) in [6.45, 7) is 1.34. The number of carbonyl (C=O) groups excluding carboxylic acids is 1. The van der Waals surface area contributed by atoms with Gasteiger partial charge in [-0.15, -0.1) is 0 Å². The summed E-state index contributed by atoms with van der Waals surface area (Å²) in [6.07, 6.45) is 6.66. The summed E-state index contributed by atoms with van der Waals surface area (Å²) in [4.78, 5) is 16.9. The van der Waals surface area contributed by atoms with E-state index in [1.807, 2.05) is 44.0 Å². The van der Waals surface area contributed by atoms with Crippen LogP contribution in [0.2, 0.25) is 0 Å². The molecule has 2 heterocycles. The van der Waals surface area contributed by atoms with Crippen LogP contribution >= 0.6 is 0 Å². The highest BCUT2D eigenvalue weighted by atomic mass is 16.2. The first kappa shape index (κ1) is 17.7. The van der Waals surface area contributed by atoms with Gasteiger partial charge in [0.15, 0.2) is 0 Å². The van der Waals surface area contributed by atoms with Crippen molar-refractivity contribution in [2.24, 2.45) is 13.0 Å². The summed E-state index contributed by atoms with van der Waals surface area (Å²) < 4.78 is 3.94. The topological polar surface area (TPSA) is 64.7 Å². The third kappa shape index (κ3) is 3.66. The number of nitrogens with one attached hydrogen (secondary N) is 1. The Morgan fingerprint density at radius 3 is 2.72 bits per heavy atom. The number of carbonyl (C=O) groups is 1. The number of aromatic nitrogens is 4. The van der Waals surface area contributed by atoms with Crippen LogP contribution in [0.3, 0.4) is 0 Å². The second-order valence-corrected chi connectivity index (χ2v) is 7.79. The molecule has 146 valence electrons.